The van der Waals surface area contributed by atoms with Crippen molar-refractivity contribution in [2.75, 3.05) is 51.8 Å². The van der Waals surface area contributed by atoms with Crippen molar-refractivity contribution in [3.63, 3.8) is 0 Å². The number of ether oxygens (including phenoxy) is 2. The predicted molar refractivity (Wildman–Crippen MR) is 133 cm³/mol. The summed E-state index contributed by atoms with van der Waals surface area (Å²) < 4.78 is 10.4. The molecule has 34 heavy (non-hydrogen) atoms. The van der Waals surface area contributed by atoms with Crippen LogP contribution in [0.25, 0.3) is 0 Å². The molecule has 0 radical (unpaired) electrons. The number of hydrogen-bond donors (Lipinski definition) is 2. The number of aromatic nitrogens is 2. The lowest BCUT2D eigenvalue weighted by atomic mass is 9.93. The minimum atomic E-state index is -0.276. The third kappa shape index (κ3) is 7.91. The Bertz CT molecular complexity index is 809. The number of esters is 1. The lowest BCUT2D eigenvalue weighted by Gasteiger charge is -2.38. The summed E-state index contributed by atoms with van der Waals surface area (Å²) in [4.78, 5) is 37.2. The summed E-state index contributed by atoms with van der Waals surface area (Å²) in [7, 11) is 1.40. The van der Waals surface area contributed by atoms with E-state index in [-0.39, 0.29) is 35.2 Å². The highest BCUT2D eigenvalue weighted by Gasteiger charge is 2.35. The number of nitrogens with one attached hydrogen (secondary N) is 2. The molecule has 1 fully saturated rings. The summed E-state index contributed by atoms with van der Waals surface area (Å²) in [6, 6.07) is -0.124. The van der Waals surface area contributed by atoms with Crippen molar-refractivity contribution in [2.24, 2.45) is 11.8 Å². The van der Waals surface area contributed by atoms with Crippen LogP contribution in [0.1, 0.15) is 70.6 Å². The SMILES string of the molecule is CCOCCCNc1nc(C(C)(C)C)ncc1C(=O)N(CC(C)C)[C@@H]1CNCC(C(=O)OC)C1. The topological polar surface area (TPSA) is 106 Å². The van der Waals surface area contributed by atoms with Crippen LogP contribution in [0.5, 0.6) is 0 Å². The molecule has 2 rings (SSSR count). The average molecular weight is 478 g/mol. The van der Waals surface area contributed by atoms with E-state index in [2.05, 4.69) is 50.2 Å². The third-order valence-corrected chi connectivity index (χ3v) is 5.78. The van der Waals surface area contributed by atoms with E-state index in [0.29, 0.717) is 63.0 Å². The molecule has 2 N–H and O–H groups in total. The molecule has 9 heteroatoms. The Morgan fingerprint density at radius 3 is 2.65 bits per heavy atom. The van der Waals surface area contributed by atoms with E-state index in [1.807, 2.05) is 11.8 Å². The van der Waals surface area contributed by atoms with Crippen LogP contribution < -0.4 is 10.6 Å². The van der Waals surface area contributed by atoms with Crippen LogP contribution >= 0.6 is 0 Å². The second-order valence-electron chi connectivity index (χ2n) is 10.3. The van der Waals surface area contributed by atoms with E-state index in [0.717, 1.165) is 6.42 Å². The number of carbonyl (C=O) groups excluding carboxylic acids is 2. The molecule has 0 saturated carbocycles. The fourth-order valence-electron chi connectivity index (χ4n) is 4.01. The van der Waals surface area contributed by atoms with Crippen molar-refractivity contribution >= 4 is 17.7 Å². The smallest absolute Gasteiger partial charge is 0.310 e. The summed E-state index contributed by atoms with van der Waals surface area (Å²) in [6.45, 7) is 16.0. The first-order valence-corrected chi connectivity index (χ1v) is 12.4. The van der Waals surface area contributed by atoms with Gasteiger partial charge in [0.25, 0.3) is 5.91 Å². The van der Waals surface area contributed by atoms with E-state index in [1.165, 1.54) is 7.11 Å². The first kappa shape index (κ1) is 28.0. The van der Waals surface area contributed by atoms with Crippen LogP contribution in [0, 0.1) is 11.8 Å². The summed E-state index contributed by atoms with van der Waals surface area (Å²) in [5.41, 5.74) is 0.201. The van der Waals surface area contributed by atoms with Crippen molar-refractivity contribution in [2.45, 2.75) is 65.8 Å². The zero-order valence-corrected chi connectivity index (χ0v) is 21.9. The number of carbonyl (C=O) groups is 2. The maximum absolute atomic E-state index is 13.9. The zero-order chi connectivity index (χ0) is 25.3. The Hall–Kier alpha value is -2.26. The monoisotopic (exact) mass is 477 g/mol. The molecule has 2 heterocycles. The molecule has 192 valence electrons. The Kier molecular flexibility index (Phi) is 10.7. The Balaban J connectivity index is 2.33. The first-order valence-electron chi connectivity index (χ1n) is 12.4. The van der Waals surface area contributed by atoms with Crippen molar-refractivity contribution in [3.05, 3.63) is 17.6 Å². The van der Waals surface area contributed by atoms with Gasteiger partial charge in [-0.25, -0.2) is 9.97 Å². The van der Waals surface area contributed by atoms with E-state index in [4.69, 9.17) is 14.5 Å². The molecule has 0 aromatic carbocycles. The standard InChI is InChI=1S/C25H43N5O4/c1-8-34-11-9-10-27-21-20(15-28-24(29-21)25(4,5)6)22(31)30(16-17(2)3)19-12-18(13-26-14-19)23(32)33-7/h15,17-19,26H,8-14,16H2,1-7H3,(H,27,28,29)/t18?,19-/m0/s1. The maximum atomic E-state index is 13.9. The number of anilines is 1. The quantitative estimate of drug-likeness (QED) is 0.370. The van der Waals surface area contributed by atoms with Crippen molar-refractivity contribution in [1.82, 2.24) is 20.2 Å². The molecular weight excluding hydrogens is 434 g/mol. The van der Waals surface area contributed by atoms with E-state index < -0.39 is 0 Å². The van der Waals surface area contributed by atoms with Gasteiger partial charge in [-0.1, -0.05) is 34.6 Å². The molecular formula is C25H43N5O4. The van der Waals surface area contributed by atoms with Gasteiger partial charge in [-0.15, -0.1) is 0 Å². The molecule has 0 aliphatic carbocycles. The highest BCUT2D eigenvalue weighted by atomic mass is 16.5. The largest absolute Gasteiger partial charge is 0.469 e. The van der Waals surface area contributed by atoms with Crippen molar-refractivity contribution in [3.8, 4) is 0 Å². The van der Waals surface area contributed by atoms with Gasteiger partial charge in [0.1, 0.15) is 17.2 Å². The molecule has 1 aliphatic rings. The van der Waals surface area contributed by atoms with Gasteiger partial charge >= 0.3 is 5.97 Å². The number of hydrogen-bond acceptors (Lipinski definition) is 8. The molecule has 1 amide bonds. The number of piperidine rings is 1. The molecule has 2 atom stereocenters. The summed E-state index contributed by atoms with van der Waals surface area (Å²) in [5, 5.41) is 6.65. The van der Waals surface area contributed by atoms with Crippen LogP contribution in [-0.4, -0.2) is 79.3 Å². The Labute approximate surface area is 204 Å². The molecule has 1 aromatic heterocycles. The highest BCUT2D eigenvalue weighted by molar-refractivity contribution is 5.98. The van der Waals surface area contributed by atoms with E-state index in [9.17, 15) is 9.59 Å². The van der Waals surface area contributed by atoms with Gasteiger partial charge in [0.05, 0.1) is 13.0 Å². The van der Waals surface area contributed by atoms with Gasteiger partial charge < -0.3 is 25.0 Å². The number of methoxy groups -OCH3 is 1. The lowest BCUT2D eigenvalue weighted by molar-refractivity contribution is -0.146. The second-order valence-corrected chi connectivity index (χ2v) is 10.3. The fourth-order valence-corrected chi connectivity index (χ4v) is 4.01. The molecule has 1 aliphatic heterocycles. The van der Waals surface area contributed by atoms with Gasteiger partial charge in [0.2, 0.25) is 0 Å². The second kappa shape index (κ2) is 13.0. The number of amides is 1. The minimum absolute atomic E-state index is 0.124. The Morgan fingerprint density at radius 1 is 1.29 bits per heavy atom. The predicted octanol–water partition coefficient (Wildman–Crippen LogP) is 2.86. The van der Waals surface area contributed by atoms with E-state index in [1.54, 1.807) is 6.20 Å². The van der Waals surface area contributed by atoms with Crippen LogP contribution in [0.4, 0.5) is 5.82 Å². The van der Waals surface area contributed by atoms with Crippen molar-refractivity contribution < 1.29 is 19.1 Å². The van der Waals surface area contributed by atoms with Gasteiger partial charge in [0, 0.05) is 57.0 Å². The number of nitrogens with zero attached hydrogens (tertiary/aromatic N) is 3. The fraction of sp³-hybridized carbons (Fsp3) is 0.760. The highest BCUT2D eigenvalue weighted by Crippen LogP contribution is 2.25. The molecule has 0 bridgehead atoms. The van der Waals surface area contributed by atoms with Crippen LogP contribution in [0.15, 0.2) is 6.20 Å². The molecule has 9 nitrogen and oxygen atoms in total. The molecule has 1 aromatic rings. The minimum Gasteiger partial charge on any atom is -0.469 e. The maximum Gasteiger partial charge on any atom is 0.310 e. The van der Waals surface area contributed by atoms with Gasteiger partial charge in [-0.05, 0) is 25.7 Å². The van der Waals surface area contributed by atoms with Crippen LogP contribution in [0.2, 0.25) is 0 Å². The molecule has 1 unspecified atom stereocenters. The summed E-state index contributed by atoms with van der Waals surface area (Å²) >= 11 is 0. The third-order valence-electron chi connectivity index (χ3n) is 5.78. The van der Waals surface area contributed by atoms with Gasteiger partial charge in [0.15, 0.2) is 0 Å². The summed E-state index contributed by atoms with van der Waals surface area (Å²) in [5.74, 6) is 0.837. The average Bonchev–Trinajstić information content (AvgIpc) is 2.80. The lowest BCUT2D eigenvalue weighted by Crippen LogP contribution is -2.53. The van der Waals surface area contributed by atoms with Crippen LogP contribution in [0.3, 0.4) is 0 Å². The van der Waals surface area contributed by atoms with Gasteiger partial charge in [-0.2, -0.15) is 0 Å². The van der Waals surface area contributed by atoms with E-state index >= 15 is 0 Å². The normalized spacial score (nSPS) is 18.6. The Morgan fingerprint density at radius 2 is 2.03 bits per heavy atom. The van der Waals surface area contributed by atoms with Crippen LogP contribution in [-0.2, 0) is 19.7 Å². The van der Waals surface area contributed by atoms with Gasteiger partial charge in [-0.3, -0.25) is 9.59 Å². The molecule has 0 spiro atoms. The molecule has 1 saturated heterocycles. The zero-order valence-electron chi connectivity index (χ0n) is 21.9. The summed E-state index contributed by atoms with van der Waals surface area (Å²) in [6.07, 6.45) is 3.01. The first-order chi connectivity index (χ1) is 16.1. The van der Waals surface area contributed by atoms with Crippen molar-refractivity contribution in [1.29, 1.82) is 0 Å². The number of rotatable bonds is 11.